The van der Waals surface area contributed by atoms with Gasteiger partial charge < -0.3 is 16.0 Å². The Balaban J connectivity index is 1.18. The molecule has 3 atom stereocenters. The maximum atomic E-state index is 12.9. The molecule has 3 saturated carbocycles. The summed E-state index contributed by atoms with van der Waals surface area (Å²) in [7, 11) is 0. The number of nitrogens with one attached hydrogen (secondary N) is 1. The molecule has 3 aliphatic carbocycles. The van der Waals surface area contributed by atoms with Gasteiger partial charge >= 0.3 is 0 Å². The molecule has 0 aromatic carbocycles. The summed E-state index contributed by atoms with van der Waals surface area (Å²) in [6, 6.07) is 0.569. The minimum atomic E-state index is 0.159. The molecule has 0 aromatic heterocycles. The van der Waals surface area contributed by atoms with E-state index in [1.807, 2.05) is 0 Å². The largest absolute Gasteiger partial charge is 0.353 e. The van der Waals surface area contributed by atoms with Crippen molar-refractivity contribution in [1.29, 1.82) is 0 Å². The van der Waals surface area contributed by atoms with E-state index in [1.165, 1.54) is 38.5 Å². The molecule has 27 heavy (non-hydrogen) atoms. The highest BCUT2D eigenvalue weighted by Gasteiger charge is 2.43. The molecule has 5 heteroatoms. The molecule has 5 nitrogen and oxygen atoms in total. The lowest BCUT2D eigenvalue weighted by Gasteiger charge is -2.32. The first-order chi connectivity index (χ1) is 13.1. The molecule has 3 N–H and O–H groups in total. The fourth-order valence-electron chi connectivity index (χ4n) is 6.17. The van der Waals surface area contributed by atoms with Crippen LogP contribution in [0.1, 0.15) is 77.0 Å². The number of hydrogen-bond donors (Lipinski definition) is 2. The maximum absolute atomic E-state index is 12.9. The van der Waals surface area contributed by atoms with E-state index in [2.05, 4.69) is 10.2 Å². The summed E-state index contributed by atoms with van der Waals surface area (Å²) in [5, 5.41) is 3.25. The van der Waals surface area contributed by atoms with Gasteiger partial charge in [-0.25, -0.2) is 0 Å². The number of carbonyl (C=O) groups is 2. The minimum absolute atomic E-state index is 0.159. The highest BCUT2D eigenvalue weighted by molar-refractivity contribution is 5.79. The number of nitrogens with zero attached hydrogens (tertiary/aromatic N) is 1. The fourth-order valence-corrected chi connectivity index (χ4v) is 6.17. The molecular formula is C22H37N3O2. The zero-order valence-corrected chi connectivity index (χ0v) is 16.7. The van der Waals surface area contributed by atoms with E-state index >= 15 is 0 Å². The molecule has 0 spiro atoms. The van der Waals surface area contributed by atoms with Crippen LogP contribution in [0.15, 0.2) is 0 Å². The highest BCUT2D eigenvalue weighted by Crippen LogP contribution is 2.38. The van der Waals surface area contributed by atoms with Gasteiger partial charge in [-0.15, -0.1) is 0 Å². The second kappa shape index (κ2) is 8.50. The zero-order valence-electron chi connectivity index (χ0n) is 16.7. The Morgan fingerprint density at radius 2 is 1.63 bits per heavy atom. The van der Waals surface area contributed by atoms with E-state index in [9.17, 15) is 9.59 Å². The number of amides is 2. The van der Waals surface area contributed by atoms with Crippen LogP contribution in [0.3, 0.4) is 0 Å². The lowest BCUT2D eigenvalue weighted by molar-refractivity contribution is -0.136. The normalized spacial score (nSPS) is 37.2. The molecule has 1 heterocycles. The Morgan fingerprint density at radius 1 is 0.889 bits per heavy atom. The minimum Gasteiger partial charge on any atom is -0.353 e. The Hall–Kier alpha value is -1.10. The van der Waals surface area contributed by atoms with Gasteiger partial charge in [0.05, 0.1) is 0 Å². The third-order valence-electron chi connectivity index (χ3n) is 7.86. The summed E-state index contributed by atoms with van der Waals surface area (Å²) in [5.74, 6) is 2.51. The molecular weight excluding hydrogens is 338 g/mol. The Labute approximate surface area is 163 Å². The van der Waals surface area contributed by atoms with Gasteiger partial charge in [0.2, 0.25) is 11.8 Å². The second-order valence-corrected chi connectivity index (χ2v) is 9.73. The van der Waals surface area contributed by atoms with E-state index in [4.69, 9.17) is 5.73 Å². The topological polar surface area (TPSA) is 75.4 Å². The van der Waals surface area contributed by atoms with Crippen LogP contribution in [0.4, 0.5) is 0 Å². The van der Waals surface area contributed by atoms with Crippen molar-refractivity contribution in [3.05, 3.63) is 0 Å². The van der Waals surface area contributed by atoms with Crippen LogP contribution in [0.25, 0.3) is 0 Å². The van der Waals surface area contributed by atoms with Gasteiger partial charge in [0.25, 0.3) is 0 Å². The van der Waals surface area contributed by atoms with E-state index in [-0.39, 0.29) is 17.9 Å². The van der Waals surface area contributed by atoms with Crippen LogP contribution >= 0.6 is 0 Å². The third kappa shape index (κ3) is 4.49. The summed E-state index contributed by atoms with van der Waals surface area (Å²) < 4.78 is 0. The Morgan fingerprint density at radius 3 is 2.33 bits per heavy atom. The summed E-state index contributed by atoms with van der Waals surface area (Å²) in [5.41, 5.74) is 6.21. The lowest BCUT2D eigenvalue weighted by atomic mass is 9.84. The summed E-state index contributed by atoms with van der Waals surface area (Å²) in [6.45, 7) is 1.80. The van der Waals surface area contributed by atoms with Gasteiger partial charge in [-0.3, -0.25) is 9.59 Å². The molecule has 4 aliphatic rings. The number of nitrogens with two attached hydrogens (primary N) is 1. The first-order valence-electron chi connectivity index (χ1n) is 11.4. The van der Waals surface area contributed by atoms with Crippen molar-refractivity contribution >= 4 is 11.8 Å². The molecule has 0 radical (unpaired) electrons. The fraction of sp³-hybridized carbons (Fsp3) is 0.909. The third-order valence-corrected chi connectivity index (χ3v) is 7.86. The van der Waals surface area contributed by atoms with E-state index in [0.717, 1.165) is 45.2 Å². The second-order valence-electron chi connectivity index (χ2n) is 9.73. The van der Waals surface area contributed by atoms with Gasteiger partial charge in [0, 0.05) is 37.5 Å². The number of hydrogen-bond acceptors (Lipinski definition) is 3. The van der Waals surface area contributed by atoms with E-state index in [0.29, 0.717) is 36.1 Å². The summed E-state index contributed by atoms with van der Waals surface area (Å²) >= 11 is 0. The average Bonchev–Trinajstić information content (AvgIpc) is 3.25. The maximum Gasteiger partial charge on any atom is 0.225 e. The monoisotopic (exact) mass is 375 g/mol. The molecule has 1 aliphatic heterocycles. The highest BCUT2D eigenvalue weighted by atomic mass is 16.2. The van der Waals surface area contributed by atoms with Crippen molar-refractivity contribution in [3.8, 4) is 0 Å². The first-order valence-corrected chi connectivity index (χ1v) is 11.4. The van der Waals surface area contributed by atoms with E-state index < -0.39 is 0 Å². The van der Waals surface area contributed by atoms with E-state index in [1.54, 1.807) is 0 Å². The zero-order chi connectivity index (χ0) is 18.8. The van der Waals surface area contributed by atoms with Crippen LogP contribution in [-0.4, -0.2) is 41.9 Å². The molecule has 4 rings (SSSR count). The van der Waals surface area contributed by atoms with Crippen molar-refractivity contribution in [2.45, 2.75) is 89.1 Å². The van der Waals surface area contributed by atoms with Crippen molar-refractivity contribution in [3.63, 3.8) is 0 Å². The first kappa shape index (κ1) is 19.2. The van der Waals surface area contributed by atoms with Crippen LogP contribution in [0.2, 0.25) is 0 Å². The van der Waals surface area contributed by atoms with Crippen molar-refractivity contribution < 1.29 is 9.59 Å². The molecule has 1 saturated heterocycles. The average molecular weight is 376 g/mol. The molecule has 0 aromatic rings. The molecule has 0 bridgehead atoms. The smallest absolute Gasteiger partial charge is 0.225 e. The molecule has 4 fully saturated rings. The molecule has 3 unspecified atom stereocenters. The van der Waals surface area contributed by atoms with Gasteiger partial charge in [0.1, 0.15) is 0 Å². The van der Waals surface area contributed by atoms with Crippen LogP contribution < -0.4 is 11.1 Å². The SMILES string of the molecule is NC1CCC2CN(C(=O)C3CCC(NC(=O)CC4CCCCC4)CC3)CC12. The number of carbonyl (C=O) groups excluding carboxylic acids is 2. The predicted molar refractivity (Wildman–Crippen MR) is 106 cm³/mol. The van der Waals surface area contributed by atoms with Crippen molar-refractivity contribution in [2.24, 2.45) is 29.4 Å². The van der Waals surface area contributed by atoms with Crippen molar-refractivity contribution in [2.75, 3.05) is 13.1 Å². The van der Waals surface area contributed by atoms with Gasteiger partial charge in [-0.2, -0.15) is 0 Å². The van der Waals surface area contributed by atoms with Crippen LogP contribution in [0.5, 0.6) is 0 Å². The standard InChI is InChI=1S/C22H37N3O2/c23-20-11-8-17-13-25(14-19(17)20)22(27)16-6-9-18(10-7-16)24-21(26)12-15-4-2-1-3-5-15/h15-20H,1-14,23H2,(H,24,26). The number of likely N-dealkylation sites (tertiary alicyclic amines) is 1. The van der Waals surface area contributed by atoms with Gasteiger partial charge in [-0.1, -0.05) is 19.3 Å². The van der Waals surface area contributed by atoms with Gasteiger partial charge in [0.15, 0.2) is 0 Å². The van der Waals surface area contributed by atoms with Gasteiger partial charge in [-0.05, 0) is 69.1 Å². The number of rotatable bonds is 4. The van der Waals surface area contributed by atoms with Crippen LogP contribution in [-0.2, 0) is 9.59 Å². The predicted octanol–water partition coefficient (Wildman–Crippen LogP) is 2.83. The van der Waals surface area contributed by atoms with Crippen LogP contribution in [0, 0.1) is 23.7 Å². The summed E-state index contributed by atoms with van der Waals surface area (Å²) in [4.78, 5) is 27.4. The number of fused-ring (bicyclic) bond motifs is 1. The molecule has 2 amide bonds. The van der Waals surface area contributed by atoms with Crippen molar-refractivity contribution in [1.82, 2.24) is 10.2 Å². The quantitative estimate of drug-likeness (QED) is 0.793. The molecule has 152 valence electrons. The Bertz CT molecular complexity index is 538. The Kier molecular flexibility index (Phi) is 6.05. The lowest BCUT2D eigenvalue weighted by Crippen LogP contribution is -2.42. The summed E-state index contributed by atoms with van der Waals surface area (Å²) in [6.07, 6.45) is 13.1.